The topological polar surface area (TPSA) is 108 Å². The molecule has 10 nitrogen and oxygen atoms in total. The number of hydrogen-bond acceptors (Lipinski definition) is 10. The van der Waals surface area contributed by atoms with Gasteiger partial charge in [0.05, 0.1) is 36.4 Å². The molecule has 6 rings (SSSR count). The van der Waals surface area contributed by atoms with E-state index in [2.05, 4.69) is 88.9 Å². The molecule has 330 valence electrons. The van der Waals surface area contributed by atoms with E-state index >= 15 is 0 Å². The first kappa shape index (κ1) is 46.6. The fourth-order valence-electron chi connectivity index (χ4n) is 12.1. The number of carbonyl (C=O) groups excluding carboxylic acids is 2. The predicted octanol–water partition coefficient (Wildman–Crippen LogP) is 9.51. The molecule has 11 atom stereocenters. The third-order valence-electron chi connectivity index (χ3n) is 15.9. The van der Waals surface area contributed by atoms with Crippen molar-refractivity contribution < 1.29 is 46.6 Å². The average molecular weight is 871 g/mol. The molecule has 1 aromatic carbocycles. The number of fused-ring (bicyclic) bond motifs is 8. The molecule has 2 heterocycles. The summed E-state index contributed by atoms with van der Waals surface area (Å²) in [5.74, 6) is -1.59. The lowest BCUT2D eigenvalue weighted by Gasteiger charge is -2.70. The maximum absolute atomic E-state index is 15.0. The number of hydrogen-bond donors (Lipinski definition) is 0. The molecule has 1 aromatic rings. The van der Waals surface area contributed by atoms with E-state index in [-0.39, 0.29) is 12.7 Å². The van der Waals surface area contributed by atoms with Crippen molar-refractivity contribution in [3.63, 3.8) is 0 Å². The van der Waals surface area contributed by atoms with Crippen LogP contribution in [0.5, 0.6) is 0 Å². The van der Waals surface area contributed by atoms with E-state index in [1.807, 2.05) is 18.2 Å². The first-order chi connectivity index (χ1) is 27.9. The van der Waals surface area contributed by atoms with E-state index in [1.54, 1.807) is 18.2 Å². The van der Waals surface area contributed by atoms with Gasteiger partial charge in [0.15, 0.2) is 37.6 Å². The fourth-order valence-corrected chi connectivity index (χ4v) is 19.3. The second kappa shape index (κ2) is 17.3. The van der Waals surface area contributed by atoms with Crippen molar-refractivity contribution in [1.82, 2.24) is 0 Å². The molecule has 59 heavy (non-hydrogen) atoms. The normalized spacial score (nSPS) is 36.4. The number of carbonyl (C=O) groups is 2. The van der Waals surface area contributed by atoms with Crippen molar-refractivity contribution in [2.24, 2.45) is 16.7 Å². The first-order valence-electron chi connectivity index (χ1n) is 22.6. The Kier molecular flexibility index (Phi) is 13.7. The lowest BCUT2D eigenvalue weighted by molar-refractivity contribution is -0.358. The summed E-state index contributed by atoms with van der Waals surface area (Å²) in [7, 11) is -6.54. The molecule has 4 fully saturated rings. The standard InChI is InChI=1S/C46H74O10Si3/c1-15-36-50-38-37-30(8)33(54-58(16-2,17-3)18-4)28-46(43(37,10)11,56-57(13)14)41(52-42(48)32-25-23-22-24-26-32)39-44(12,40(38)51-36)34(55-59(19-5,20-6)21-7)27-35-45(39,29-49-35)53-31(9)47/h15,22-26,33-36,38-41,57H,1,16-21,27-29H2,2-14H3/t33-,34-,35+,36?,38+,39-,40+,41-,44+,45-,46+/m0/s1. The molecule has 3 aliphatic carbocycles. The van der Waals surface area contributed by atoms with Gasteiger partial charge in [0.2, 0.25) is 0 Å². The zero-order valence-corrected chi connectivity index (χ0v) is 41.5. The van der Waals surface area contributed by atoms with Crippen LogP contribution in [-0.4, -0.2) is 98.3 Å². The molecule has 0 spiro atoms. The van der Waals surface area contributed by atoms with Gasteiger partial charge in [0.1, 0.15) is 23.9 Å². The van der Waals surface area contributed by atoms with E-state index in [4.69, 9.17) is 37.0 Å². The van der Waals surface area contributed by atoms with Gasteiger partial charge < -0.3 is 37.0 Å². The van der Waals surface area contributed by atoms with Crippen molar-refractivity contribution in [3.8, 4) is 0 Å². The van der Waals surface area contributed by atoms with Gasteiger partial charge in [-0.15, -0.1) is 0 Å². The van der Waals surface area contributed by atoms with Crippen LogP contribution in [0.1, 0.15) is 99.4 Å². The SMILES string of the molecule is C=CC1O[C@@H]2C3=C(C)[C@@H](O[Si](CC)(CC)CC)C[C@@](O[SiH](C)C)([C@@H](OC(=O)c4ccccc4)[C@@H]4[C@]5(OC(C)=O)CO[C@@H]5C[C@H](O[Si](CC)(CC)CC)[C@@]4(C)[C@@H]2O1)C3(C)C. The highest BCUT2D eigenvalue weighted by Gasteiger charge is 2.80. The molecule has 2 saturated carbocycles. The molecule has 0 amide bonds. The maximum atomic E-state index is 15.0. The van der Waals surface area contributed by atoms with Crippen molar-refractivity contribution in [1.29, 1.82) is 0 Å². The second-order valence-corrected chi connectivity index (χ2v) is 30.8. The summed E-state index contributed by atoms with van der Waals surface area (Å²) < 4.78 is 57.9. The molecule has 13 heteroatoms. The summed E-state index contributed by atoms with van der Waals surface area (Å²) >= 11 is 0. The third-order valence-corrected chi connectivity index (χ3v) is 26.1. The van der Waals surface area contributed by atoms with Crippen LogP contribution in [0.4, 0.5) is 0 Å². The Morgan fingerprint density at radius 1 is 0.915 bits per heavy atom. The smallest absolute Gasteiger partial charge is 0.338 e. The minimum absolute atomic E-state index is 0.138. The van der Waals surface area contributed by atoms with Crippen LogP contribution >= 0.6 is 0 Å². The number of ether oxygens (including phenoxy) is 5. The van der Waals surface area contributed by atoms with Crippen LogP contribution in [0.2, 0.25) is 49.4 Å². The lowest BCUT2D eigenvalue weighted by Crippen LogP contribution is -2.83. The van der Waals surface area contributed by atoms with Gasteiger partial charge in [-0.3, -0.25) is 4.79 Å². The van der Waals surface area contributed by atoms with E-state index in [0.717, 1.165) is 47.4 Å². The lowest BCUT2D eigenvalue weighted by atomic mass is 9.44. The highest BCUT2D eigenvalue weighted by molar-refractivity contribution is 6.74. The van der Waals surface area contributed by atoms with Crippen LogP contribution in [-0.2, 0) is 41.8 Å². The Morgan fingerprint density at radius 2 is 1.51 bits per heavy atom. The molecule has 2 saturated heterocycles. The first-order valence-corrected chi connectivity index (χ1v) is 30.5. The Balaban J connectivity index is 1.76. The van der Waals surface area contributed by atoms with Crippen molar-refractivity contribution in [3.05, 3.63) is 59.7 Å². The maximum Gasteiger partial charge on any atom is 0.338 e. The van der Waals surface area contributed by atoms with Gasteiger partial charge in [-0.25, -0.2) is 4.79 Å². The van der Waals surface area contributed by atoms with Crippen molar-refractivity contribution in [2.45, 2.75) is 192 Å². The quantitative estimate of drug-likeness (QED) is 0.0906. The summed E-state index contributed by atoms with van der Waals surface area (Å²) in [5, 5.41) is 0. The third kappa shape index (κ3) is 7.47. The van der Waals surface area contributed by atoms with Gasteiger partial charge >= 0.3 is 11.9 Å². The summed E-state index contributed by atoms with van der Waals surface area (Å²) in [5.41, 5.74) is -1.51. The highest BCUT2D eigenvalue weighted by atomic mass is 28.4. The van der Waals surface area contributed by atoms with Crippen molar-refractivity contribution >= 4 is 37.6 Å². The zero-order valence-electron chi connectivity index (χ0n) is 38.3. The van der Waals surface area contributed by atoms with Crippen LogP contribution in [0, 0.1) is 16.7 Å². The van der Waals surface area contributed by atoms with Crippen LogP contribution < -0.4 is 0 Å². The molecule has 0 N–H and O–H groups in total. The second-order valence-electron chi connectivity index (χ2n) is 19.0. The van der Waals surface area contributed by atoms with E-state index in [1.165, 1.54) is 6.92 Å². The summed E-state index contributed by atoms with van der Waals surface area (Å²) in [4.78, 5) is 28.6. The average Bonchev–Trinajstić information content (AvgIpc) is 3.64. The molecular formula is C46H74O10Si3. The fraction of sp³-hybridized carbons (Fsp3) is 0.739. The Morgan fingerprint density at radius 3 is 2.02 bits per heavy atom. The molecule has 0 aromatic heterocycles. The van der Waals surface area contributed by atoms with Crippen molar-refractivity contribution in [2.75, 3.05) is 6.61 Å². The minimum atomic E-state index is -2.32. The molecular weight excluding hydrogens is 797 g/mol. The Hall–Kier alpha value is -1.95. The molecule has 1 unspecified atom stereocenters. The summed E-state index contributed by atoms with van der Waals surface area (Å²) in [6.45, 7) is 32.5. The van der Waals surface area contributed by atoms with E-state index < -0.39 is 102 Å². The minimum Gasteiger partial charge on any atom is -0.455 e. The molecule has 2 bridgehead atoms. The molecule has 2 aliphatic heterocycles. The van der Waals surface area contributed by atoms with Gasteiger partial charge in [-0.05, 0) is 85.6 Å². The van der Waals surface area contributed by atoms with E-state index in [9.17, 15) is 9.59 Å². The number of rotatable bonds is 16. The summed E-state index contributed by atoms with van der Waals surface area (Å²) in [6, 6.07) is 14.9. The predicted molar refractivity (Wildman–Crippen MR) is 238 cm³/mol. The molecule has 5 aliphatic rings. The van der Waals surface area contributed by atoms with Crippen LogP contribution in [0.3, 0.4) is 0 Å². The van der Waals surface area contributed by atoms with E-state index in [0.29, 0.717) is 18.4 Å². The van der Waals surface area contributed by atoms with Crippen LogP contribution in [0.25, 0.3) is 0 Å². The monoisotopic (exact) mass is 870 g/mol. The molecule has 0 radical (unpaired) electrons. The number of esters is 2. The Labute approximate surface area is 358 Å². The Bertz CT molecular complexity index is 1710. The van der Waals surface area contributed by atoms with Gasteiger partial charge in [-0.1, -0.05) is 87.1 Å². The number of benzene rings is 1. The summed E-state index contributed by atoms with van der Waals surface area (Å²) in [6.07, 6.45) is -1.49. The van der Waals surface area contributed by atoms with Gasteiger partial charge in [-0.2, -0.15) is 0 Å². The highest BCUT2D eigenvalue weighted by Crippen LogP contribution is 2.68. The zero-order chi connectivity index (χ0) is 43.3. The van der Waals surface area contributed by atoms with Gasteiger partial charge in [0, 0.05) is 30.6 Å². The van der Waals surface area contributed by atoms with Gasteiger partial charge in [0.25, 0.3) is 0 Å². The largest absolute Gasteiger partial charge is 0.455 e. The van der Waals surface area contributed by atoms with Crippen LogP contribution in [0.15, 0.2) is 54.1 Å².